The first-order chi connectivity index (χ1) is 8.74. The van der Waals surface area contributed by atoms with E-state index in [0.29, 0.717) is 0 Å². The van der Waals surface area contributed by atoms with E-state index in [1.165, 1.54) is 7.11 Å². The molecule has 5 heteroatoms. The number of nitrogens with zero attached hydrogens (tertiary/aromatic N) is 3. The van der Waals surface area contributed by atoms with E-state index >= 15 is 0 Å². The molecule has 2 rings (SSSR count). The Balaban J connectivity index is 1.94. The minimum Gasteiger partial charge on any atom is -0.469 e. The number of piperidine rings is 1. The number of hydrogen-bond donors (Lipinski definition) is 0. The Kier molecular flexibility index (Phi) is 4.12. The number of rotatable bonds is 3. The van der Waals surface area contributed by atoms with E-state index in [1.54, 1.807) is 0 Å². The molecule has 0 saturated carbocycles. The Hall–Kier alpha value is -1.65. The van der Waals surface area contributed by atoms with Crippen LogP contribution < -0.4 is 4.90 Å². The fraction of sp³-hybridized carbons (Fsp3) is 0.615. The first-order valence-electron chi connectivity index (χ1n) is 6.40. The lowest BCUT2D eigenvalue weighted by molar-refractivity contribution is -0.146. The van der Waals surface area contributed by atoms with E-state index in [-0.39, 0.29) is 11.9 Å². The topological polar surface area (TPSA) is 55.3 Å². The Morgan fingerprint density at radius 2 is 2.11 bits per heavy atom. The van der Waals surface area contributed by atoms with Crippen LogP contribution in [0.2, 0.25) is 0 Å². The maximum atomic E-state index is 11.4. The predicted molar refractivity (Wildman–Crippen MR) is 68.4 cm³/mol. The van der Waals surface area contributed by atoms with Crippen LogP contribution in [0.1, 0.15) is 25.5 Å². The number of aryl methyl sites for hydroxylation is 1. The molecule has 0 aliphatic carbocycles. The molecule has 0 unspecified atom stereocenters. The molecular weight excluding hydrogens is 230 g/mol. The van der Waals surface area contributed by atoms with Crippen LogP contribution in [0.3, 0.4) is 0 Å². The maximum Gasteiger partial charge on any atom is 0.308 e. The molecule has 2 heterocycles. The van der Waals surface area contributed by atoms with Gasteiger partial charge in [-0.05, 0) is 31.4 Å². The van der Waals surface area contributed by atoms with Gasteiger partial charge >= 0.3 is 5.97 Å². The van der Waals surface area contributed by atoms with Crippen molar-refractivity contribution in [1.82, 2.24) is 10.2 Å². The van der Waals surface area contributed by atoms with Gasteiger partial charge in [-0.3, -0.25) is 4.79 Å². The average molecular weight is 249 g/mol. The van der Waals surface area contributed by atoms with Crippen molar-refractivity contribution >= 4 is 11.8 Å². The molecule has 0 amide bonds. The van der Waals surface area contributed by atoms with Crippen molar-refractivity contribution in [1.29, 1.82) is 0 Å². The second-order valence-corrected chi connectivity index (χ2v) is 4.52. The van der Waals surface area contributed by atoms with Gasteiger partial charge in [0.2, 0.25) is 0 Å². The highest BCUT2D eigenvalue weighted by molar-refractivity contribution is 5.72. The Bertz CT molecular complexity index is 397. The Labute approximate surface area is 107 Å². The highest BCUT2D eigenvalue weighted by atomic mass is 16.5. The molecule has 1 aliphatic rings. The van der Waals surface area contributed by atoms with Gasteiger partial charge in [-0.1, -0.05) is 6.92 Å². The van der Waals surface area contributed by atoms with Gasteiger partial charge in [-0.25, -0.2) is 0 Å². The number of methoxy groups -OCH3 is 1. The molecule has 1 aromatic heterocycles. The van der Waals surface area contributed by atoms with Crippen molar-refractivity contribution < 1.29 is 9.53 Å². The number of esters is 1. The van der Waals surface area contributed by atoms with Crippen LogP contribution in [0.5, 0.6) is 0 Å². The molecule has 1 saturated heterocycles. The monoisotopic (exact) mass is 249 g/mol. The molecule has 0 aromatic carbocycles. The molecule has 18 heavy (non-hydrogen) atoms. The van der Waals surface area contributed by atoms with Gasteiger partial charge in [0.25, 0.3) is 0 Å². The van der Waals surface area contributed by atoms with Crippen molar-refractivity contribution in [2.24, 2.45) is 5.92 Å². The summed E-state index contributed by atoms with van der Waals surface area (Å²) in [6.07, 6.45) is 2.55. The zero-order valence-electron chi connectivity index (χ0n) is 10.9. The molecule has 5 nitrogen and oxygen atoms in total. The van der Waals surface area contributed by atoms with E-state index < -0.39 is 0 Å². The fourth-order valence-corrected chi connectivity index (χ4v) is 2.22. The molecule has 1 aliphatic heterocycles. The summed E-state index contributed by atoms with van der Waals surface area (Å²) in [6, 6.07) is 4.01. The quantitative estimate of drug-likeness (QED) is 0.758. The minimum absolute atomic E-state index is 0.0362. The van der Waals surface area contributed by atoms with Gasteiger partial charge in [-0.15, -0.1) is 5.10 Å². The first-order valence-corrected chi connectivity index (χ1v) is 6.40. The summed E-state index contributed by atoms with van der Waals surface area (Å²) in [5, 5.41) is 8.38. The van der Waals surface area contributed by atoms with Crippen molar-refractivity contribution in [2.75, 3.05) is 25.1 Å². The van der Waals surface area contributed by atoms with Crippen LogP contribution in [-0.4, -0.2) is 36.4 Å². The summed E-state index contributed by atoms with van der Waals surface area (Å²) in [5.41, 5.74) is 1.00. The van der Waals surface area contributed by atoms with Crippen molar-refractivity contribution in [2.45, 2.75) is 26.2 Å². The summed E-state index contributed by atoms with van der Waals surface area (Å²) >= 11 is 0. The standard InChI is InChI=1S/C13H19N3O2/c1-3-11-4-5-12(15-14-11)16-8-6-10(7-9-16)13(17)18-2/h4-5,10H,3,6-9H2,1-2H3. The highest BCUT2D eigenvalue weighted by Crippen LogP contribution is 2.22. The van der Waals surface area contributed by atoms with Gasteiger partial charge in [0.1, 0.15) is 0 Å². The van der Waals surface area contributed by atoms with Crippen LogP contribution in [0.15, 0.2) is 12.1 Å². The molecule has 0 spiro atoms. The Morgan fingerprint density at radius 3 is 2.61 bits per heavy atom. The SMILES string of the molecule is CCc1ccc(N2CCC(C(=O)OC)CC2)nn1. The molecule has 0 bridgehead atoms. The molecule has 0 radical (unpaired) electrons. The maximum absolute atomic E-state index is 11.4. The fourth-order valence-electron chi connectivity index (χ4n) is 2.22. The zero-order valence-corrected chi connectivity index (χ0v) is 10.9. The zero-order chi connectivity index (χ0) is 13.0. The summed E-state index contributed by atoms with van der Waals surface area (Å²) in [4.78, 5) is 13.6. The van der Waals surface area contributed by atoms with Crippen molar-refractivity contribution in [3.8, 4) is 0 Å². The van der Waals surface area contributed by atoms with E-state index in [9.17, 15) is 4.79 Å². The van der Waals surface area contributed by atoms with Gasteiger partial charge < -0.3 is 9.64 Å². The first kappa shape index (κ1) is 12.8. The van der Waals surface area contributed by atoms with Crippen LogP contribution in [0, 0.1) is 5.92 Å². The van der Waals surface area contributed by atoms with Gasteiger partial charge in [0.15, 0.2) is 5.82 Å². The number of anilines is 1. The lowest BCUT2D eigenvalue weighted by Gasteiger charge is -2.31. The lowest BCUT2D eigenvalue weighted by Crippen LogP contribution is -2.37. The molecular formula is C13H19N3O2. The Morgan fingerprint density at radius 1 is 1.39 bits per heavy atom. The van der Waals surface area contributed by atoms with Gasteiger partial charge in [0.05, 0.1) is 18.7 Å². The summed E-state index contributed by atoms with van der Waals surface area (Å²) < 4.78 is 4.78. The number of ether oxygens (including phenoxy) is 1. The van der Waals surface area contributed by atoms with Gasteiger partial charge in [0, 0.05) is 13.1 Å². The van der Waals surface area contributed by atoms with Crippen LogP contribution in [0.25, 0.3) is 0 Å². The highest BCUT2D eigenvalue weighted by Gasteiger charge is 2.26. The normalized spacial score (nSPS) is 16.7. The summed E-state index contributed by atoms with van der Waals surface area (Å²) in [7, 11) is 1.45. The average Bonchev–Trinajstić information content (AvgIpc) is 2.47. The second kappa shape index (κ2) is 5.80. The largest absolute Gasteiger partial charge is 0.469 e. The predicted octanol–water partition coefficient (Wildman–Crippen LogP) is 1.43. The molecule has 98 valence electrons. The molecule has 0 N–H and O–H groups in total. The third-order valence-corrected chi connectivity index (χ3v) is 3.42. The van der Waals surface area contributed by atoms with E-state index in [4.69, 9.17) is 4.74 Å². The van der Waals surface area contributed by atoms with E-state index in [2.05, 4.69) is 22.0 Å². The number of carbonyl (C=O) groups excluding carboxylic acids is 1. The molecule has 0 atom stereocenters. The summed E-state index contributed by atoms with van der Waals surface area (Å²) in [6.45, 7) is 3.73. The van der Waals surface area contributed by atoms with Crippen LogP contribution in [0.4, 0.5) is 5.82 Å². The second-order valence-electron chi connectivity index (χ2n) is 4.52. The van der Waals surface area contributed by atoms with Crippen molar-refractivity contribution in [3.63, 3.8) is 0 Å². The van der Waals surface area contributed by atoms with Crippen LogP contribution in [-0.2, 0) is 16.0 Å². The summed E-state index contributed by atoms with van der Waals surface area (Å²) in [5.74, 6) is 0.840. The number of carbonyl (C=O) groups is 1. The van der Waals surface area contributed by atoms with Gasteiger partial charge in [-0.2, -0.15) is 5.10 Å². The van der Waals surface area contributed by atoms with E-state index in [0.717, 1.165) is 43.9 Å². The molecule has 1 aromatic rings. The lowest BCUT2D eigenvalue weighted by atomic mass is 9.97. The smallest absolute Gasteiger partial charge is 0.308 e. The third-order valence-electron chi connectivity index (χ3n) is 3.42. The minimum atomic E-state index is -0.0953. The number of aromatic nitrogens is 2. The molecule has 1 fully saturated rings. The van der Waals surface area contributed by atoms with E-state index in [1.807, 2.05) is 12.1 Å². The van der Waals surface area contributed by atoms with Crippen molar-refractivity contribution in [3.05, 3.63) is 17.8 Å². The van der Waals surface area contributed by atoms with Crippen LogP contribution >= 0.6 is 0 Å². The number of hydrogen-bond acceptors (Lipinski definition) is 5. The third kappa shape index (κ3) is 2.78.